The molecule has 1 fully saturated rings. The van der Waals surface area contributed by atoms with Crippen LogP contribution < -0.4 is 16.0 Å². The van der Waals surface area contributed by atoms with Crippen molar-refractivity contribution in [2.24, 2.45) is 23.7 Å². The molecule has 0 saturated carbocycles. The van der Waals surface area contributed by atoms with Crippen LogP contribution in [0.1, 0.15) is 113 Å². The molecule has 1 heterocycles. The third-order valence-electron chi connectivity index (χ3n) is 12.2. The maximum Gasteiger partial charge on any atom is 0.245 e. The van der Waals surface area contributed by atoms with Gasteiger partial charge in [-0.05, 0) is 63.1 Å². The van der Waals surface area contributed by atoms with Gasteiger partial charge in [0.1, 0.15) is 12.1 Å². The van der Waals surface area contributed by atoms with Crippen molar-refractivity contribution in [3.8, 4) is 0 Å². The number of ether oxygens (including phenoxy) is 2. The number of benzene rings is 1. The van der Waals surface area contributed by atoms with E-state index in [-0.39, 0.29) is 65.8 Å². The van der Waals surface area contributed by atoms with Crippen LogP contribution in [0.25, 0.3) is 0 Å². The third kappa shape index (κ3) is 14.8. The zero-order valence-electron chi connectivity index (χ0n) is 38.7. The van der Waals surface area contributed by atoms with Crippen molar-refractivity contribution < 1.29 is 33.4 Å². The number of likely N-dealkylation sites (N-methyl/N-ethyl adjacent to an activating group) is 3. The largest absolute Gasteiger partial charge is 0.379 e. The molecule has 1 saturated heterocycles. The second-order valence-electron chi connectivity index (χ2n) is 17.3. The molecule has 0 unspecified atom stereocenters. The van der Waals surface area contributed by atoms with E-state index in [1.54, 1.807) is 38.0 Å². The predicted octanol–water partition coefficient (Wildman–Crippen LogP) is 5.06. The summed E-state index contributed by atoms with van der Waals surface area (Å²) in [6, 6.07) is 6.79. The summed E-state index contributed by atoms with van der Waals surface area (Å²) in [4.78, 5) is 75.1. The van der Waals surface area contributed by atoms with Crippen LogP contribution in [0.2, 0.25) is 0 Å². The van der Waals surface area contributed by atoms with Crippen LogP contribution in [-0.2, 0) is 39.9 Å². The van der Waals surface area contributed by atoms with Gasteiger partial charge in [0.05, 0.1) is 42.7 Å². The van der Waals surface area contributed by atoms with E-state index < -0.39 is 36.3 Å². The Bertz CT molecular complexity index is 1440. The zero-order valence-corrected chi connectivity index (χ0v) is 38.7. The number of nitrogens with zero attached hydrogens (tertiary/aromatic N) is 3. The highest BCUT2D eigenvalue weighted by Gasteiger charge is 2.43. The number of likely N-dealkylation sites (tertiary alicyclic amines) is 1. The lowest BCUT2D eigenvalue weighted by atomic mass is 9.89. The fourth-order valence-corrected chi connectivity index (χ4v) is 8.70. The first kappa shape index (κ1) is 51.6. The van der Waals surface area contributed by atoms with Crippen molar-refractivity contribution >= 4 is 29.5 Å². The van der Waals surface area contributed by atoms with Gasteiger partial charge in [0.25, 0.3) is 0 Å². The van der Waals surface area contributed by atoms with Crippen LogP contribution in [0.4, 0.5) is 0 Å². The summed E-state index contributed by atoms with van der Waals surface area (Å²) in [5, 5.41) is 8.93. The molecule has 13 heteroatoms. The minimum Gasteiger partial charge on any atom is -0.379 e. The molecule has 1 aliphatic heterocycles. The van der Waals surface area contributed by atoms with Crippen LogP contribution in [0.3, 0.4) is 0 Å². The van der Waals surface area contributed by atoms with Gasteiger partial charge in [0.15, 0.2) is 0 Å². The number of unbranched alkanes of at least 4 members (excludes halogenated alkanes) is 2. The Morgan fingerprint density at radius 3 is 2.05 bits per heavy atom. The van der Waals surface area contributed by atoms with Gasteiger partial charge in [-0.15, -0.1) is 0 Å². The first-order chi connectivity index (χ1) is 28.0. The van der Waals surface area contributed by atoms with Gasteiger partial charge in [-0.2, -0.15) is 0 Å². The average molecular weight is 829 g/mol. The van der Waals surface area contributed by atoms with E-state index in [2.05, 4.69) is 41.6 Å². The minimum atomic E-state index is -0.775. The van der Waals surface area contributed by atoms with Crippen molar-refractivity contribution in [2.45, 2.75) is 156 Å². The molecule has 2 rings (SSSR count). The smallest absolute Gasteiger partial charge is 0.245 e. The lowest BCUT2D eigenvalue weighted by Gasteiger charge is -2.41. The van der Waals surface area contributed by atoms with Crippen molar-refractivity contribution in [3.05, 3.63) is 35.9 Å². The highest BCUT2D eigenvalue weighted by atomic mass is 16.5. The van der Waals surface area contributed by atoms with Gasteiger partial charge >= 0.3 is 0 Å². The molecule has 13 nitrogen and oxygen atoms in total. The van der Waals surface area contributed by atoms with Crippen LogP contribution in [-0.4, -0.2) is 135 Å². The summed E-state index contributed by atoms with van der Waals surface area (Å²) >= 11 is 0. The molecule has 3 N–H and O–H groups in total. The number of carbonyl (C=O) groups excluding carboxylic acids is 5. The molecule has 0 aromatic heterocycles. The molecule has 5 amide bonds. The van der Waals surface area contributed by atoms with Gasteiger partial charge in [-0.1, -0.05) is 105 Å². The SMILES string of the molecule is CCCCCN(C)[C@H](C(=O)N[C@H](C(=O)N(C)[C@@H]([C@@H](C)CC)[C@@H](CC(=O)N1CCC[C@H]1[C@H](OC)[C@@H](C)C(=O)N[C@@H](Cc1ccccc1)C(=O)NCC)OC)C(C)C)C(C)C. The van der Waals surface area contributed by atoms with Crippen LogP contribution in [0.15, 0.2) is 30.3 Å². The summed E-state index contributed by atoms with van der Waals surface area (Å²) in [5.74, 6) is -1.96. The molecule has 9 atom stereocenters. The molecule has 1 aromatic rings. The fourth-order valence-electron chi connectivity index (χ4n) is 8.70. The molecule has 59 heavy (non-hydrogen) atoms. The monoisotopic (exact) mass is 829 g/mol. The molecule has 336 valence electrons. The molecule has 0 bridgehead atoms. The number of hydrogen-bond donors (Lipinski definition) is 3. The predicted molar refractivity (Wildman–Crippen MR) is 234 cm³/mol. The third-order valence-corrected chi connectivity index (χ3v) is 12.2. The van der Waals surface area contributed by atoms with Gasteiger partial charge < -0.3 is 35.2 Å². The van der Waals surface area contributed by atoms with E-state index in [9.17, 15) is 24.0 Å². The first-order valence-corrected chi connectivity index (χ1v) is 22.2. The van der Waals surface area contributed by atoms with Gasteiger partial charge in [0.2, 0.25) is 29.5 Å². The quantitative estimate of drug-likeness (QED) is 0.110. The maximum absolute atomic E-state index is 14.5. The number of rotatable bonds is 26. The van der Waals surface area contributed by atoms with E-state index >= 15 is 0 Å². The van der Waals surface area contributed by atoms with Crippen molar-refractivity contribution in [1.29, 1.82) is 0 Å². The number of nitrogens with one attached hydrogen (secondary N) is 3. The number of hydrogen-bond acceptors (Lipinski definition) is 8. The Morgan fingerprint density at radius 2 is 1.51 bits per heavy atom. The number of carbonyl (C=O) groups is 5. The summed E-state index contributed by atoms with van der Waals surface area (Å²) in [6.07, 6.45) is 4.40. The normalized spacial score (nSPS) is 18.4. The maximum atomic E-state index is 14.5. The number of methoxy groups -OCH3 is 2. The number of amides is 5. The lowest BCUT2D eigenvalue weighted by molar-refractivity contribution is -0.148. The second-order valence-corrected chi connectivity index (χ2v) is 17.3. The second kappa shape index (κ2) is 25.9. The Balaban J connectivity index is 2.29. The van der Waals surface area contributed by atoms with Crippen molar-refractivity contribution in [1.82, 2.24) is 30.7 Å². The molecule has 0 aliphatic carbocycles. The summed E-state index contributed by atoms with van der Waals surface area (Å²) < 4.78 is 12.1. The summed E-state index contributed by atoms with van der Waals surface area (Å²) in [6.45, 7) is 19.5. The minimum absolute atomic E-state index is 0.0175. The van der Waals surface area contributed by atoms with E-state index in [0.29, 0.717) is 25.9 Å². The van der Waals surface area contributed by atoms with E-state index in [4.69, 9.17) is 9.47 Å². The Morgan fingerprint density at radius 1 is 0.847 bits per heavy atom. The van der Waals surface area contributed by atoms with E-state index in [1.165, 1.54) is 0 Å². The fraction of sp³-hybridized carbons (Fsp3) is 0.761. The Hall–Kier alpha value is -3.55. The van der Waals surface area contributed by atoms with Crippen LogP contribution in [0, 0.1) is 23.7 Å². The lowest BCUT2D eigenvalue weighted by Crippen LogP contribution is -2.60. The highest BCUT2D eigenvalue weighted by Crippen LogP contribution is 2.30. The van der Waals surface area contributed by atoms with Gasteiger partial charge in [0, 0.05) is 40.8 Å². The Kier molecular flexibility index (Phi) is 22.7. The summed E-state index contributed by atoms with van der Waals surface area (Å²) in [7, 11) is 6.85. The van der Waals surface area contributed by atoms with Crippen molar-refractivity contribution in [3.63, 3.8) is 0 Å². The van der Waals surface area contributed by atoms with Gasteiger partial charge in [-0.25, -0.2) is 0 Å². The Labute approximate surface area is 356 Å². The molecular formula is C46H80N6O7. The van der Waals surface area contributed by atoms with Crippen LogP contribution in [0.5, 0.6) is 0 Å². The first-order valence-electron chi connectivity index (χ1n) is 22.2. The standard InChI is InChI=1S/C46H80N6O7/c1-14-17-21-26-50(10)40(31(6)7)45(56)49-39(30(4)5)46(57)51(11)41(32(8)15-2)37(58-12)29-38(53)52-27-22-25-36(52)42(59-13)33(9)43(54)48-35(44(55)47-16-3)28-34-23-19-18-20-24-34/h18-20,23-24,30-33,35-37,39-42H,14-17,21-22,25-29H2,1-13H3,(H,47,55)(H,48,54)(H,49,56)/t32-,33+,35-,36-,37+,39-,40-,41-,42+/m0/s1. The highest BCUT2D eigenvalue weighted by molar-refractivity contribution is 5.90. The van der Waals surface area contributed by atoms with Crippen LogP contribution >= 0.6 is 0 Å². The molecule has 0 radical (unpaired) electrons. The zero-order chi connectivity index (χ0) is 44.4. The summed E-state index contributed by atoms with van der Waals surface area (Å²) in [5.41, 5.74) is 0.925. The van der Waals surface area contributed by atoms with Crippen molar-refractivity contribution in [2.75, 3.05) is 47.9 Å². The molecule has 1 aromatic carbocycles. The van der Waals surface area contributed by atoms with Gasteiger partial charge in [-0.3, -0.25) is 28.9 Å². The average Bonchev–Trinajstić information content (AvgIpc) is 3.69. The van der Waals surface area contributed by atoms with E-state index in [0.717, 1.165) is 44.2 Å². The molecular weight excluding hydrogens is 749 g/mol. The molecule has 1 aliphatic rings. The molecule has 0 spiro atoms. The topological polar surface area (TPSA) is 150 Å². The van der Waals surface area contributed by atoms with E-state index in [1.807, 2.05) is 72.0 Å².